The van der Waals surface area contributed by atoms with E-state index in [1.807, 2.05) is 6.07 Å². The van der Waals surface area contributed by atoms with Crippen LogP contribution in [-0.4, -0.2) is 59.9 Å². The zero-order chi connectivity index (χ0) is 20.4. The monoisotopic (exact) mass is 480 g/mol. The van der Waals surface area contributed by atoms with E-state index >= 15 is 0 Å². The van der Waals surface area contributed by atoms with Gasteiger partial charge in [0.2, 0.25) is 0 Å². The normalized spacial score (nSPS) is 23.4. The fourth-order valence-electron chi connectivity index (χ4n) is 5.45. The summed E-state index contributed by atoms with van der Waals surface area (Å²) in [6, 6.07) is 12.8. The molecule has 0 radical (unpaired) electrons. The minimum absolute atomic E-state index is 0. The summed E-state index contributed by atoms with van der Waals surface area (Å²) >= 11 is 0. The number of hydrogen-bond acceptors (Lipinski definition) is 5. The molecule has 3 saturated heterocycles. The molecule has 0 aliphatic carbocycles. The number of piperidine rings is 2. The quantitative estimate of drug-likeness (QED) is 0.638. The van der Waals surface area contributed by atoms with Crippen molar-refractivity contribution in [1.29, 1.82) is 0 Å². The number of aromatic amines is 1. The zero-order valence-electron chi connectivity index (χ0n) is 18.4. The molecule has 2 N–H and O–H groups in total. The Bertz CT molecular complexity index is 862. The first-order valence-electron chi connectivity index (χ1n) is 11.4. The number of cyclic esters (lactones) is 1. The van der Waals surface area contributed by atoms with Gasteiger partial charge >= 0.3 is 5.97 Å². The van der Waals surface area contributed by atoms with Crippen LogP contribution in [0, 0.1) is 5.41 Å². The van der Waals surface area contributed by atoms with Gasteiger partial charge in [0.25, 0.3) is 0 Å². The Labute approximate surface area is 202 Å². The number of halogens is 2. The molecule has 32 heavy (non-hydrogen) atoms. The molecule has 3 aliphatic rings. The number of nitrogens with zero attached hydrogens (tertiary/aromatic N) is 2. The lowest BCUT2D eigenvalue weighted by atomic mass is 9.76. The topological polar surface area (TPSA) is 70.2 Å². The molecule has 4 heterocycles. The van der Waals surface area contributed by atoms with Gasteiger partial charge in [-0.2, -0.15) is 5.10 Å². The van der Waals surface area contributed by atoms with Crippen molar-refractivity contribution in [1.82, 2.24) is 20.4 Å². The number of carbonyl (C=O) groups is 1. The third kappa shape index (κ3) is 5.48. The van der Waals surface area contributed by atoms with Crippen molar-refractivity contribution in [2.75, 3.05) is 32.7 Å². The second-order valence-corrected chi connectivity index (χ2v) is 9.32. The van der Waals surface area contributed by atoms with Crippen molar-refractivity contribution in [3.63, 3.8) is 0 Å². The molecule has 1 spiro atoms. The highest BCUT2D eigenvalue weighted by Gasteiger charge is 2.49. The van der Waals surface area contributed by atoms with Gasteiger partial charge in [-0.05, 0) is 63.5 Å². The summed E-state index contributed by atoms with van der Waals surface area (Å²) in [7, 11) is 0. The van der Waals surface area contributed by atoms with Crippen molar-refractivity contribution in [3.05, 3.63) is 53.3 Å². The molecule has 0 saturated carbocycles. The van der Waals surface area contributed by atoms with Crippen LogP contribution in [0.4, 0.5) is 0 Å². The van der Waals surface area contributed by atoms with Crippen molar-refractivity contribution < 1.29 is 9.53 Å². The number of hydrogen-bond donors (Lipinski definition) is 2. The number of benzene rings is 1. The van der Waals surface area contributed by atoms with Crippen LogP contribution >= 0.6 is 24.8 Å². The lowest BCUT2D eigenvalue weighted by Gasteiger charge is -2.33. The Hall–Kier alpha value is -1.60. The summed E-state index contributed by atoms with van der Waals surface area (Å²) < 4.78 is 5.80. The molecule has 6 nitrogen and oxygen atoms in total. The number of H-pyrrole nitrogens is 1. The molecule has 1 aromatic heterocycles. The van der Waals surface area contributed by atoms with Crippen LogP contribution in [0.2, 0.25) is 0 Å². The van der Waals surface area contributed by atoms with Crippen LogP contribution in [0.1, 0.15) is 55.0 Å². The number of rotatable bonds is 5. The van der Waals surface area contributed by atoms with Gasteiger partial charge in [-0.3, -0.25) is 14.8 Å². The summed E-state index contributed by atoms with van der Waals surface area (Å²) in [6.07, 6.45) is 5.95. The van der Waals surface area contributed by atoms with Crippen LogP contribution < -0.4 is 5.32 Å². The van der Waals surface area contributed by atoms with Crippen molar-refractivity contribution in [2.45, 2.75) is 50.5 Å². The van der Waals surface area contributed by atoms with E-state index in [4.69, 9.17) is 4.74 Å². The van der Waals surface area contributed by atoms with E-state index in [1.165, 1.54) is 17.0 Å². The molecule has 3 aliphatic heterocycles. The summed E-state index contributed by atoms with van der Waals surface area (Å²) in [5, 5.41) is 11.2. The van der Waals surface area contributed by atoms with Gasteiger partial charge in [0.05, 0.1) is 11.1 Å². The molecule has 0 bridgehead atoms. The van der Waals surface area contributed by atoms with Crippen molar-refractivity contribution >= 4 is 30.8 Å². The third-order valence-electron chi connectivity index (χ3n) is 7.24. The molecule has 2 aromatic rings. The number of esters is 1. The Morgan fingerprint density at radius 2 is 1.81 bits per heavy atom. The van der Waals surface area contributed by atoms with Crippen LogP contribution in [0.25, 0.3) is 0 Å². The molecule has 1 aromatic carbocycles. The standard InChI is InChI=1S/C24H32N4O2.2ClH/c29-23-24(8-10-25-11-9-24)16-21(30-23)17-28-12-6-19(7-13-28)22-15-20(26-27-22)14-18-4-2-1-3-5-18;;/h1-5,15,19,21,25H,6-14,16-17H2,(H,26,27);2*1H. The minimum atomic E-state index is -0.210. The number of likely N-dealkylation sites (tertiary alicyclic amines) is 1. The van der Waals surface area contributed by atoms with E-state index in [0.29, 0.717) is 5.92 Å². The average molecular weight is 481 g/mol. The predicted molar refractivity (Wildman–Crippen MR) is 130 cm³/mol. The number of ether oxygens (including phenoxy) is 1. The van der Waals surface area contributed by atoms with E-state index < -0.39 is 0 Å². The van der Waals surface area contributed by atoms with Gasteiger partial charge in [0, 0.05) is 31.0 Å². The zero-order valence-corrected chi connectivity index (χ0v) is 20.1. The summed E-state index contributed by atoms with van der Waals surface area (Å²) in [5.41, 5.74) is 3.48. The average Bonchev–Trinajstić information content (AvgIpc) is 3.35. The predicted octanol–water partition coefficient (Wildman–Crippen LogP) is 3.71. The van der Waals surface area contributed by atoms with Gasteiger partial charge in [-0.15, -0.1) is 24.8 Å². The molecular weight excluding hydrogens is 447 g/mol. The molecule has 1 unspecified atom stereocenters. The minimum Gasteiger partial charge on any atom is -0.461 e. The fraction of sp³-hybridized carbons (Fsp3) is 0.583. The van der Waals surface area contributed by atoms with E-state index in [0.717, 1.165) is 71.2 Å². The smallest absolute Gasteiger partial charge is 0.312 e. The molecule has 5 rings (SSSR count). The van der Waals surface area contributed by atoms with Crippen LogP contribution in [0.3, 0.4) is 0 Å². The van der Waals surface area contributed by atoms with Gasteiger partial charge in [-0.1, -0.05) is 30.3 Å². The highest BCUT2D eigenvalue weighted by molar-refractivity contribution is 5.85. The van der Waals surface area contributed by atoms with Crippen molar-refractivity contribution in [2.24, 2.45) is 5.41 Å². The molecule has 1 atom stereocenters. The van der Waals surface area contributed by atoms with E-state index in [-0.39, 0.29) is 42.3 Å². The molecule has 0 amide bonds. The lowest BCUT2D eigenvalue weighted by Crippen LogP contribution is -2.40. The Balaban J connectivity index is 0.00000144. The van der Waals surface area contributed by atoms with Crippen LogP contribution in [0.5, 0.6) is 0 Å². The van der Waals surface area contributed by atoms with Crippen LogP contribution in [-0.2, 0) is 16.0 Å². The summed E-state index contributed by atoms with van der Waals surface area (Å²) in [5.74, 6) is 0.565. The number of nitrogens with one attached hydrogen (secondary N) is 2. The fourth-order valence-corrected chi connectivity index (χ4v) is 5.45. The highest BCUT2D eigenvalue weighted by Crippen LogP contribution is 2.42. The van der Waals surface area contributed by atoms with Gasteiger partial charge in [-0.25, -0.2) is 0 Å². The first-order chi connectivity index (χ1) is 14.7. The second-order valence-electron chi connectivity index (χ2n) is 9.32. The van der Waals surface area contributed by atoms with E-state index in [2.05, 4.69) is 50.7 Å². The maximum Gasteiger partial charge on any atom is 0.312 e. The van der Waals surface area contributed by atoms with Crippen molar-refractivity contribution in [3.8, 4) is 0 Å². The molecule has 176 valence electrons. The largest absolute Gasteiger partial charge is 0.461 e. The first kappa shape index (κ1) is 25.0. The SMILES string of the molecule is Cl.Cl.O=C1OC(CN2CCC(c3cc(Cc4ccccc4)[nH]n3)CC2)CC12CCNCC2. The van der Waals surface area contributed by atoms with Gasteiger partial charge in [0.15, 0.2) is 0 Å². The maximum absolute atomic E-state index is 12.5. The number of aromatic nitrogens is 2. The highest BCUT2D eigenvalue weighted by atomic mass is 35.5. The third-order valence-corrected chi connectivity index (χ3v) is 7.24. The molecule has 3 fully saturated rings. The summed E-state index contributed by atoms with van der Waals surface area (Å²) in [4.78, 5) is 15.0. The molecule has 8 heteroatoms. The molecular formula is C24H34Cl2N4O2. The van der Waals surface area contributed by atoms with E-state index in [9.17, 15) is 4.79 Å². The van der Waals surface area contributed by atoms with Crippen LogP contribution in [0.15, 0.2) is 36.4 Å². The Morgan fingerprint density at radius 1 is 1.09 bits per heavy atom. The Kier molecular flexibility index (Phi) is 8.62. The number of carbonyl (C=O) groups excluding carboxylic acids is 1. The summed E-state index contributed by atoms with van der Waals surface area (Å²) in [6.45, 7) is 4.85. The first-order valence-corrected chi connectivity index (χ1v) is 11.4. The van der Waals surface area contributed by atoms with Gasteiger partial charge < -0.3 is 10.1 Å². The van der Waals surface area contributed by atoms with E-state index in [1.54, 1.807) is 0 Å². The lowest BCUT2D eigenvalue weighted by molar-refractivity contribution is -0.150. The van der Waals surface area contributed by atoms with Gasteiger partial charge in [0.1, 0.15) is 6.10 Å². The maximum atomic E-state index is 12.5. The Morgan fingerprint density at radius 3 is 2.53 bits per heavy atom. The second kappa shape index (κ2) is 11.0.